The van der Waals surface area contributed by atoms with Gasteiger partial charge in [-0.2, -0.15) is 0 Å². The second kappa shape index (κ2) is 13.3. The fourth-order valence-corrected chi connectivity index (χ4v) is 6.76. The maximum Gasteiger partial charge on any atom is 0.270 e. The van der Waals surface area contributed by atoms with E-state index in [-0.39, 0.29) is 11.9 Å². The van der Waals surface area contributed by atoms with Gasteiger partial charge in [-0.05, 0) is 42.7 Å². The lowest BCUT2D eigenvalue weighted by Gasteiger charge is -2.32. The van der Waals surface area contributed by atoms with Crippen molar-refractivity contribution >= 4 is 29.0 Å². The molecule has 0 atom stereocenters. The molecule has 0 radical (unpaired) electrons. The SMILES string of the molecule is COc1ccccc1-n1c(SCc2nc(C(=O)NC3CCN(Cc4ccccc4)CC3)cs2)nnc1-c1ccncc1. The molecule has 9 nitrogen and oxygen atoms in total. The fraction of sp³-hybridized carbons (Fsp3) is 0.258. The molecule has 0 saturated carbocycles. The lowest BCUT2D eigenvalue weighted by Crippen LogP contribution is -2.44. The average Bonchev–Trinajstić information content (AvgIpc) is 3.69. The van der Waals surface area contributed by atoms with Crippen LogP contribution >= 0.6 is 23.1 Å². The van der Waals surface area contributed by atoms with Crippen LogP contribution in [0.25, 0.3) is 17.1 Å². The number of para-hydroxylation sites is 2. The lowest BCUT2D eigenvalue weighted by atomic mass is 10.0. The van der Waals surface area contributed by atoms with Crippen molar-refractivity contribution in [3.05, 3.63) is 101 Å². The summed E-state index contributed by atoms with van der Waals surface area (Å²) in [5.74, 6) is 1.85. The number of pyridine rings is 1. The Hall–Kier alpha value is -4.06. The van der Waals surface area contributed by atoms with Gasteiger partial charge in [-0.25, -0.2) is 4.98 Å². The van der Waals surface area contributed by atoms with E-state index in [2.05, 4.69) is 54.6 Å². The van der Waals surface area contributed by atoms with Crippen LogP contribution in [0.1, 0.15) is 33.9 Å². The van der Waals surface area contributed by atoms with Gasteiger partial charge in [0.2, 0.25) is 0 Å². The molecule has 5 aromatic rings. The van der Waals surface area contributed by atoms with Gasteiger partial charge in [0.25, 0.3) is 5.91 Å². The highest BCUT2D eigenvalue weighted by Crippen LogP contribution is 2.33. The third-order valence-corrected chi connectivity index (χ3v) is 9.15. The Morgan fingerprint density at radius 3 is 2.57 bits per heavy atom. The van der Waals surface area contributed by atoms with Crippen LogP contribution in [0, 0.1) is 0 Å². The molecular weight excluding hydrogens is 567 g/mol. The quantitative estimate of drug-likeness (QED) is 0.211. The molecule has 0 unspecified atom stereocenters. The molecule has 1 saturated heterocycles. The smallest absolute Gasteiger partial charge is 0.270 e. The monoisotopic (exact) mass is 597 g/mol. The van der Waals surface area contributed by atoms with Crippen molar-refractivity contribution in [2.75, 3.05) is 20.2 Å². The summed E-state index contributed by atoms with van der Waals surface area (Å²) < 4.78 is 7.64. The van der Waals surface area contributed by atoms with Crippen LogP contribution in [0.2, 0.25) is 0 Å². The number of likely N-dealkylation sites (tertiary alicyclic amines) is 1. The number of nitrogens with one attached hydrogen (secondary N) is 1. The van der Waals surface area contributed by atoms with E-state index in [1.165, 1.54) is 28.7 Å². The summed E-state index contributed by atoms with van der Waals surface area (Å²) >= 11 is 3.00. The number of amides is 1. The Kier molecular flexibility index (Phi) is 8.88. The Labute approximate surface area is 253 Å². The summed E-state index contributed by atoms with van der Waals surface area (Å²) in [6.45, 7) is 2.88. The number of nitrogens with zero attached hydrogens (tertiary/aromatic N) is 6. The molecule has 0 bridgehead atoms. The van der Waals surface area contributed by atoms with Crippen LogP contribution in [0.3, 0.4) is 0 Å². The zero-order valence-corrected chi connectivity index (χ0v) is 24.9. The number of carbonyl (C=O) groups is 1. The zero-order chi connectivity index (χ0) is 28.7. The van der Waals surface area contributed by atoms with Gasteiger partial charge in [-0.15, -0.1) is 21.5 Å². The maximum absolute atomic E-state index is 13.0. The molecule has 1 aliphatic heterocycles. The Balaban J connectivity index is 1.09. The molecule has 214 valence electrons. The number of thiazole rings is 1. The summed E-state index contributed by atoms with van der Waals surface area (Å²) in [5, 5.41) is 15.6. The van der Waals surface area contributed by atoms with Gasteiger partial charge < -0.3 is 10.1 Å². The van der Waals surface area contributed by atoms with E-state index in [0.717, 1.165) is 48.7 Å². The number of ether oxygens (including phenoxy) is 1. The molecule has 42 heavy (non-hydrogen) atoms. The fourth-order valence-electron chi connectivity index (χ4n) is 5.03. The van der Waals surface area contributed by atoms with Gasteiger partial charge in [0.05, 0.1) is 18.6 Å². The first-order chi connectivity index (χ1) is 20.7. The maximum atomic E-state index is 13.0. The normalized spacial score (nSPS) is 14.1. The van der Waals surface area contributed by atoms with Crippen LogP contribution in [0.4, 0.5) is 0 Å². The third kappa shape index (κ3) is 6.53. The molecular formula is C31H31N7O2S2. The van der Waals surface area contributed by atoms with Crippen LogP contribution in [-0.2, 0) is 12.3 Å². The highest BCUT2D eigenvalue weighted by molar-refractivity contribution is 7.98. The number of benzene rings is 2. The van der Waals surface area contributed by atoms with E-state index in [9.17, 15) is 4.79 Å². The van der Waals surface area contributed by atoms with Crippen molar-refractivity contribution in [3.63, 3.8) is 0 Å². The molecule has 11 heteroatoms. The van der Waals surface area contributed by atoms with E-state index in [1.54, 1.807) is 19.5 Å². The number of piperidine rings is 1. The second-order valence-electron chi connectivity index (χ2n) is 9.97. The standard InChI is InChI=1S/C31H31N7O2S2/c1-40-27-10-6-5-9-26(27)38-29(23-11-15-32-16-12-23)35-36-31(38)42-21-28-34-25(20-41-28)30(39)33-24-13-17-37(18-14-24)19-22-7-3-2-4-8-22/h2-12,15-16,20,24H,13-14,17-19,21H2,1H3,(H,33,39). The summed E-state index contributed by atoms with van der Waals surface area (Å²) in [6.07, 6.45) is 5.34. The molecule has 0 spiro atoms. The minimum Gasteiger partial charge on any atom is -0.495 e. The van der Waals surface area contributed by atoms with Gasteiger partial charge in [-0.3, -0.25) is 19.2 Å². The van der Waals surface area contributed by atoms with Crippen LogP contribution in [0.5, 0.6) is 5.75 Å². The van der Waals surface area contributed by atoms with Gasteiger partial charge >= 0.3 is 0 Å². The first-order valence-electron chi connectivity index (χ1n) is 13.8. The van der Waals surface area contributed by atoms with Crippen molar-refractivity contribution in [3.8, 4) is 22.8 Å². The average molecular weight is 598 g/mol. The van der Waals surface area contributed by atoms with Crippen LogP contribution in [-0.4, -0.2) is 61.8 Å². The number of hydrogen-bond acceptors (Lipinski definition) is 9. The number of thioether (sulfide) groups is 1. The van der Waals surface area contributed by atoms with Crippen molar-refractivity contribution in [2.24, 2.45) is 0 Å². The predicted octanol–water partition coefficient (Wildman–Crippen LogP) is 5.48. The van der Waals surface area contributed by atoms with Gasteiger partial charge in [0.1, 0.15) is 16.5 Å². The van der Waals surface area contributed by atoms with Crippen LogP contribution < -0.4 is 10.1 Å². The van der Waals surface area contributed by atoms with Crippen LogP contribution in [0.15, 0.2) is 89.7 Å². The number of rotatable bonds is 10. The molecule has 2 aromatic carbocycles. The number of methoxy groups -OCH3 is 1. The molecule has 1 N–H and O–H groups in total. The van der Waals surface area contributed by atoms with E-state index in [4.69, 9.17) is 4.74 Å². The highest BCUT2D eigenvalue weighted by atomic mass is 32.2. The molecule has 4 heterocycles. The lowest BCUT2D eigenvalue weighted by molar-refractivity contribution is 0.0904. The van der Waals surface area contributed by atoms with E-state index < -0.39 is 0 Å². The summed E-state index contributed by atoms with van der Waals surface area (Å²) in [5.41, 5.74) is 3.52. The summed E-state index contributed by atoms with van der Waals surface area (Å²) in [7, 11) is 1.65. The Morgan fingerprint density at radius 2 is 1.79 bits per heavy atom. The topological polar surface area (TPSA) is 98.1 Å². The molecule has 0 aliphatic carbocycles. The van der Waals surface area contributed by atoms with Gasteiger partial charge in [-0.1, -0.05) is 54.2 Å². The Bertz CT molecular complexity index is 1620. The molecule has 1 fully saturated rings. The second-order valence-corrected chi connectivity index (χ2v) is 11.9. The van der Waals surface area contributed by atoms with E-state index >= 15 is 0 Å². The number of hydrogen-bond donors (Lipinski definition) is 1. The van der Waals surface area contributed by atoms with Crippen molar-refractivity contribution in [2.45, 2.75) is 36.3 Å². The molecule has 6 rings (SSSR count). The first kappa shape index (κ1) is 28.1. The molecule has 1 amide bonds. The predicted molar refractivity (Wildman–Crippen MR) is 165 cm³/mol. The van der Waals surface area contributed by atoms with Crippen molar-refractivity contribution < 1.29 is 9.53 Å². The minimum atomic E-state index is -0.110. The van der Waals surface area contributed by atoms with E-state index in [0.29, 0.717) is 28.2 Å². The largest absolute Gasteiger partial charge is 0.495 e. The molecule has 1 aliphatic rings. The van der Waals surface area contributed by atoms with Gasteiger partial charge in [0.15, 0.2) is 11.0 Å². The zero-order valence-electron chi connectivity index (χ0n) is 23.2. The first-order valence-corrected chi connectivity index (χ1v) is 15.7. The van der Waals surface area contributed by atoms with Crippen molar-refractivity contribution in [1.29, 1.82) is 0 Å². The number of aromatic nitrogens is 5. The number of carbonyl (C=O) groups excluding carboxylic acids is 1. The van der Waals surface area contributed by atoms with Crippen molar-refractivity contribution in [1.82, 2.24) is 34.9 Å². The summed E-state index contributed by atoms with van der Waals surface area (Å²) in [6, 6.07) is 22.3. The van der Waals surface area contributed by atoms with Gasteiger partial charge in [0, 0.05) is 49.0 Å². The van der Waals surface area contributed by atoms with E-state index in [1.807, 2.05) is 52.4 Å². The summed E-state index contributed by atoms with van der Waals surface area (Å²) in [4.78, 5) is 24.2. The molecule has 3 aromatic heterocycles. The highest BCUT2D eigenvalue weighted by Gasteiger charge is 2.23. The minimum absolute atomic E-state index is 0.110. The third-order valence-electron chi connectivity index (χ3n) is 7.18. The Morgan fingerprint density at radius 1 is 1.02 bits per heavy atom.